The minimum atomic E-state index is -2.84. The van der Waals surface area contributed by atoms with Crippen LogP contribution >= 0.6 is 0 Å². The third kappa shape index (κ3) is 17.6. The first-order chi connectivity index (χ1) is 11.0. The van der Waals surface area contributed by atoms with Gasteiger partial charge in [0.15, 0.2) is 0 Å². The van der Waals surface area contributed by atoms with E-state index in [-0.39, 0.29) is 6.42 Å². The number of carboxylic acid groups (broad SMARTS) is 1. The summed E-state index contributed by atoms with van der Waals surface area (Å²) in [5.74, 6) is -0.00349. The first kappa shape index (κ1) is 22.4. The van der Waals surface area contributed by atoms with Crippen LogP contribution in [0, 0.1) is 0 Å². The molecule has 0 saturated heterocycles. The molecule has 0 unspecified atom stereocenters. The van der Waals surface area contributed by atoms with Gasteiger partial charge in [0, 0.05) is 6.42 Å². The van der Waals surface area contributed by atoms with Gasteiger partial charge in [-0.1, -0.05) is 71.1 Å². The summed E-state index contributed by atoms with van der Waals surface area (Å²) < 4.78 is 23.8. The normalized spacial score (nSPS) is 11.7. The second-order valence-electron chi connectivity index (χ2n) is 6.54. The molecule has 23 heavy (non-hydrogen) atoms. The third-order valence-corrected chi connectivity index (χ3v) is 5.98. The van der Waals surface area contributed by atoms with Crippen molar-refractivity contribution in [2.75, 3.05) is 11.5 Å². The summed E-state index contributed by atoms with van der Waals surface area (Å²) in [7, 11) is -2.84. The smallest absolute Gasteiger partial charge is 0.303 e. The zero-order valence-electron chi connectivity index (χ0n) is 14.9. The number of carbonyl (C=O) groups is 1. The molecule has 5 heteroatoms. The second kappa shape index (κ2) is 15.0. The van der Waals surface area contributed by atoms with E-state index in [2.05, 4.69) is 6.92 Å². The Balaban J connectivity index is 3.37. The summed E-state index contributed by atoms with van der Waals surface area (Å²) in [5, 5.41) is 8.52. The molecule has 0 aromatic rings. The number of hydrogen-bond donors (Lipinski definition) is 1. The Bertz CT molecular complexity index is 376. The molecule has 0 bridgehead atoms. The van der Waals surface area contributed by atoms with Crippen LogP contribution < -0.4 is 0 Å². The van der Waals surface area contributed by atoms with Crippen LogP contribution in [0.5, 0.6) is 0 Å². The Hall–Kier alpha value is -0.580. The lowest BCUT2D eigenvalue weighted by atomic mass is 10.1. The highest BCUT2D eigenvalue weighted by atomic mass is 32.2. The number of carboxylic acids is 1. The van der Waals surface area contributed by atoms with E-state index in [1.165, 1.54) is 12.8 Å². The van der Waals surface area contributed by atoms with Crippen LogP contribution in [0.25, 0.3) is 0 Å². The number of rotatable bonds is 17. The average Bonchev–Trinajstić information content (AvgIpc) is 2.48. The number of sulfone groups is 1. The predicted octanol–water partition coefficient (Wildman–Crippen LogP) is 4.97. The van der Waals surface area contributed by atoms with E-state index in [1.54, 1.807) is 0 Å². The number of aliphatic carboxylic acids is 1. The molecule has 0 aromatic heterocycles. The van der Waals surface area contributed by atoms with Crippen LogP contribution in [0.3, 0.4) is 0 Å². The summed E-state index contributed by atoms with van der Waals surface area (Å²) in [6.07, 6.45) is 13.6. The molecule has 0 rings (SSSR count). The molecule has 0 saturated carbocycles. The maximum absolute atomic E-state index is 11.9. The average molecular weight is 349 g/mol. The van der Waals surface area contributed by atoms with Gasteiger partial charge in [0.2, 0.25) is 0 Å². The Labute approximate surface area is 143 Å². The molecule has 0 atom stereocenters. The second-order valence-corrected chi connectivity index (χ2v) is 8.84. The lowest BCUT2D eigenvalue weighted by molar-refractivity contribution is -0.137. The fourth-order valence-electron chi connectivity index (χ4n) is 2.69. The fourth-order valence-corrected chi connectivity index (χ4v) is 4.18. The van der Waals surface area contributed by atoms with Gasteiger partial charge in [0.25, 0.3) is 0 Å². The van der Waals surface area contributed by atoms with Gasteiger partial charge in [0.05, 0.1) is 11.5 Å². The molecule has 0 aliphatic rings. The van der Waals surface area contributed by atoms with Crippen molar-refractivity contribution in [3.63, 3.8) is 0 Å². The van der Waals surface area contributed by atoms with E-state index in [0.717, 1.165) is 70.6 Å². The minimum absolute atomic E-state index is 0.274. The topological polar surface area (TPSA) is 71.4 Å². The highest BCUT2D eigenvalue weighted by Crippen LogP contribution is 2.11. The van der Waals surface area contributed by atoms with Gasteiger partial charge in [-0.05, 0) is 19.3 Å². The zero-order valence-corrected chi connectivity index (χ0v) is 15.7. The quantitative estimate of drug-likeness (QED) is 0.377. The van der Waals surface area contributed by atoms with Crippen molar-refractivity contribution < 1.29 is 18.3 Å². The van der Waals surface area contributed by atoms with E-state index in [4.69, 9.17) is 5.11 Å². The van der Waals surface area contributed by atoms with E-state index in [0.29, 0.717) is 11.5 Å². The molecule has 138 valence electrons. The van der Waals surface area contributed by atoms with E-state index >= 15 is 0 Å². The molecule has 0 radical (unpaired) electrons. The summed E-state index contributed by atoms with van der Waals surface area (Å²) in [6.45, 7) is 2.16. The molecule has 4 nitrogen and oxygen atoms in total. The summed E-state index contributed by atoms with van der Waals surface area (Å²) in [6, 6.07) is 0. The molecular weight excluding hydrogens is 312 g/mol. The summed E-state index contributed by atoms with van der Waals surface area (Å²) in [5.41, 5.74) is 0. The standard InChI is InChI=1S/C18H36O4S/c1-2-3-4-10-13-16-23(21,22)17-14-11-8-6-5-7-9-12-15-18(19)20/h2-17H2,1H3,(H,19,20). The van der Waals surface area contributed by atoms with Crippen molar-refractivity contribution in [1.29, 1.82) is 0 Å². The third-order valence-electron chi connectivity index (χ3n) is 4.15. The first-order valence-electron chi connectivity index (χ1n) is 9.40. The number of hydrogen-bond acceptors (Lipinski definition) is 3. The van der Waals surface area contributed by atoms with Gasteiger partial charge in [-0.2, -0.15) is 0 Å². The van der Waals surface area contributed by atoms with Crippen molar-refractivity contribution in [3.8, 4) is 0 Å². The zero-order chi connectivity index (χ0) is 17.4. The van der Waals surface area contributed by atoms with Crippen LogP contribution in [0.1, 0.15) is 96.8 Å². The lowest BCUT2D eigenvalue weighted by Gasteiger charge is -2.05. The van der Waals surface area contributed by atoms with Gasteiger partial charge >= 0.3 is 5.97 Å². The van der Waals surface area contributed by atoms with Crippen molar-refractivity contribution in [2.24, 2.45) is 0 Å². The van der Waals surface area contributed by atoms with Gasteiger partial charge in [0.1, 0.15) is 9.84 Å². The maximum Gasteiger partial charge on any atom is 0.303 e. The van der Waals surface area contributed by atoms with Crippen LogP contribution in [-0.2, 0) is 14.6 Å². The largest absolute Gasteiger partial charge is 0.481 e. The molecule has 0 fully saturated rings. The summed E-state index contributed by atoms with van der Waals surface area (Å²) >= 11 is 0. The van der Waals surface area contributed by atoms with E-state index in [9.17, 15) is 13.2 Å². The highest BCUT2D eigenvalue weighted by molar-refractivity contribution is 7.91. The number of unbranched alkanes of at least 4 members (excludes halogenated alkanes) is 11. The fraction of sp³-hybridized carbons (Fsp3) is 0.944. The van der Waals surface area contributed by atoms with Crippen molar-refractivity contribution >= 4 is 15.8 Å². The van der Waals surface area contributed by atoms with Crippen LogP contribution in [-0.4, -0.2) is 31.0 Å². The molecule has 0 aliphatic carbocycles. The van der Waals surface area contributed by atoms with Crippen LogP contribution in [0.2, 0.25) is 0 Å². The maximum atomic E-state index is 11.9. The molecule has 0 aliphatic heterocycles. The molecule has 0 amide bonds. The lowest BCUT2D eigenvalue weighted by Crippen LogP contribution is -2.11. The van der Waals surface area contributed by atoms with Gasteiger partial charge in [-0.3, -0.25) is 4.79 Å². The highest BCUT2D eigenvalue weighted by Gasteiger charge is 2.09. The van der Waals surface area contributed by atoms with E-state index in [1.807, 2.05) is 0 Å². The molecule has 0 heterocycles. The van der Waals surface area contributed by atoms with Gasteiger partial charge in [-0.15, -0.1) is 0 Å². The van der Waals surface area contributed by atoms with Crippen LogP contribution in [0.4, 0.5) is 0 Å². The SMILES string of the molecule is CCCCCCCS(=O)(=O)CCCCCCCCCCC(=O)O. The molecular formula is C18H36O4S. The van der Waals surface area contributed by atoms with Crippen LogP contribution in [0.15, 0.2) is 0 Å². The molecule has 0 aromatic carbocycles. The predicted molar refractivity (Wildman–Crippen MR) is 96.6 cm³/mol. The Morgan fingerprint density at radius 3 is 1.52 bits per heavy atom. The molecule has 1 N–H and O–H groups in total. The Kier molecular flexibility index (Phi) is 14.6. The Morgan fingerprint density at radius 1 is 0.696 bits per heavy atom. The monoisotopic (exact) mass is 348 g/mol. The van der Waals surface area contributed by atoms with Gasteiger partial charge in [-0.25, -0.2) is 8.42 Å². The molecule has 0 spiro atoms. The van der Waals surface area contributed by atoms with Gasteiger partial charge < -0.3 is 5.11 Å². The summed E-state index contributed by atoms with van der Waals surface area (Å²) in [4.78, 5) is 10.4. The van der Waals surface area contributed by atoms with E-state index < -0.39 is 15.8 Å². The minimum Gasteiger partial charge on any atom is -0.481 e. The Morgan fingerprint density at radius 2 is 1.09 bits per heavy atom. The van der Waals surface area contributed by atoms with Crippen molar-refractivity contribution in [3.05, 3.63) is 0 Å². The van der Waals surface area contributed by atoms with Crippen molar-refractivity contribution in [1.82, 2.24) is 0 Å². The van der Waals surface area contributed by atoms with Crippen molar-refractivity contribution in [2.45, 2.75) is 96.8 Å². The first-order valence-corrected chi connectivity index (χ1v) is 11.2.